The zero-order valence-electron chi connectivity index (χ0n) is 14.1. The van der Waals surface area contributed by atoms with Crippen LogP contribution in [0.1, 0.15) is 0 Å². The average Bonchev–Trinajstić information content (AvgIpc) is 3.05. The molecule has 0 fully saturated rings. The van der Waals surface area contributed by atoms with Crippen LogP contribution in [-0.2, 0) is 32.2 Å². The lowest BCUT2D eigenvalue weighted by Gasteiger charge is -2.08. The zero-order valence-corrected chi connectivity index (χ0v) is 14.1. The first kappa shape index (κ1) is 18.7. The molecule has 0 spiro atoms. The number of pyridine rings is 2. The number of hydrogen-bond donors (Lipinski definition) is 1. The Kier molecular flexibility index (Phi) is 6.50. The van der Waals surface area contributed by atoms with Crippen LogP contribution >= 0.6 is 0 Å². The second-order valence-corrected chi connectivity index (χ2v) is 5.24. The first-order valence-corrected chi connectivity index (χ1v) is 7.84. The molecule has 4 rings (SSSR count). The van der Waals surface area contributed by atoms with Crippen molar-refractivity contribution in [2.24, 2.45) is 5.73 Å². The number of carbonyl (C=O) groups is 3. The van der Waals surface area contributed by atoms with Crippen LogP contribution in [-0.4, -0.2) is 17.8 Å². The lowest BCUT2D eigenvalue weighted by atomic mass is 10.2. The van der Waals surface area contributed by atoms with Crippen molar-refractivity contribution in [1.29, 1.82) is 0 Å². The summed E-state index contributed by atoms with van der Waals surface area (Å²) in [6.07, 6.45) is 7.52. The Balaban J connectivity index is 0.000000170. The minimum absolute atomic E-state index is 0.481. The van der Waals surface area contributed by atoms with Crippen LogP contribution in [0.5, 0.6) is 0 Å². The van der Waals surface area contributed by atoms with Crippen LogP contribution in [0.25, 0.3) is 11.4 Å². The largest absolute Gasteiger partial charge is 0.387 e. The number of nitrogens with two attached hydrogens (primary N) is 1. The number of amides is 1. The molecular weight excluding hydrogens is 334 g/mol. The third-order valence-electron chi connectivity index (χ3n) is 3.48. The maximum atomic E-state index is 9.92. The molecule has 0 bridgehead atoms. The van der Waals surface area contributed by atoms with E-state index in [1.807, 2.05) is 0 Å². The van der Waals surface area contributed by atoms with Crippen LogP contribution in [0.15, 0.2) is 73.6 Å². The van der Waals surface area contributed by atoms with Crippen molar-refractivity contribution in [3.05, 3.63) is 73.6 Å². The number of ether oxygens (including phenoxy) is 1. The highest BCUT2D eigenvalue weighted by atomic mass is 16.6. The topological polar surface area (TPSA) is 94.2 Å². The molecule has 0 saturated carbocycles. The summed E-state index contributed by atoms with van der Waals surface area (Å²) in [6, 6.07) is 12.7. The number of hydrogen-bond acceptors (Lipinski definition) is 4. The molecule has 7 nitrogen and oxygen atoms in total. The van der Waals surface area contributed by atoms with Gasteiger partial charge in [0.2, 0.25) is 19.0 Å². The van der Waals surface area contributed by atoms with Gasteiger partial charge in [0.1, 0.15) is 0 Å². The normalized spacial score (nSPS) is 13.1. The number of carbonyl (C=O) groups excluding carboxylic acids is 3. The third-order valence-corrected chi connectivity index (χ3v) is 3.48. The van der Waals surface area contributed by atoms with Gasteiger partial charge in [0.25, 0.3) is 11.4 Å². The lowest BCUT2D eigenvalue weighted by Crippen LogP contribution is -2.52. The maximum absolute atomic E-state index is 9.92. The van der Waals surface area contributed by atoms with Crippen molar-refractivity contribution in [2.75, 3.05) is 0 Å². The molecule has 0 atom stereocenters. The molecule has 0 radical (unpaired) electrons. The van der Waals surface area contributed by atoms with E-state index in [1.165, 1.54) is 11.4 Å². The van der Waals surface area contributed by atoms with Gasteiger partial charge in [-0.3, -0.25) is 4.79 Å². The quantitative estimate of drug-likeness (QED) is 0.344. The Hall–Kier alpha value is -3.61. The summed E-state index contributed by atoms with van der Waals surface area (Å²) in [4.78, 5) is 29.3. The molecule has 0 unspecified atom stereocenters. The van der Waals surface area contributed by atoms with Gasteiger partial charge in [-0.25, -0.2) is 9.59 Å². The number of aromatic nitrogens is 2. The summed E-state index contributed by atoms with van der Waals surface area (Å²) in [6.45, 7) is 5.22. The molecular formula is C19H19N3O4+2. The first-order valence-electron chi connectivity index (χ1n) is 7.84. The lowest BCUT2D eigenvalue weighted by molar-refractivity contribution is -0.794. The molecule has 132 valence electrons. The van der Waals surface area contributed by atoms with Crippen molar-refractivity contribution in [1.82, 2.24) is 0 Å². The summed E-state index contributed by atoms with van der Waals surface area (Å²) in [5, 5.41) is 0. The van der Waals surface area contributed by atoms with Crippen molar-refractivity contribution < 1.29 is 28.3 Å². The van der Waals surface area contributed by atoms with E-state index in [0.29, 0.717) is 0 Å². The molecule has 7 heteroatoms. The Morgan fingerprint density at radius 1 is 0.962 bits per heavy atom. The second-order valence-electron chi connectivity index (χ2n) is 5.24. The highest BCUT2D eigenvalue weighted by molar-refractivity contribution is 6.04. The summed E-state index contributed by atoms with van der Waals surface area (Å²) < 4.78 is 8.57. The van der Waals surface area contributed by atoms with Gasteiger partial charge < -0.3 is 10.5 Å². The number of cyclic esters (lactones) is 2. The summed E-state index contributed by atoms with van der Waals surface area (Å²) in [7, 11) is 0. The first-order chi connectivity index (χ1) is 12.5. The molecule has 4 heterocycles. The molecule has 2 aromatic heterocycles. The minimum atomic E-state index is -0.579. The van der Waals surface area contributed by atoms with Gasteiger partial charge >= 0.3 is 11.9 Å². The van der Waals surface area contributed by atoms with E-state index in [1.54, 1.807) is 0 Å². The van der Waals surface area contributed by atoms with Gasteiger partial charge in [-0.15, -0.1) is 0 Å². The van der Waals surface area contributed by atoms with Crippen molar-refractivity contribution in [3.63, 3.8) is 0 Å². The third kappa shape index (κ3) is 5.20. The Labute approximate surface area is 150 Å². The smallest absolute Gasteiger partial charge is 0.338 e. The van der Waals surface area contributed by atoms with Crippen LogP contribution in [0, 0.1) is 0 Å². The zero-order chi connectivity index (χ0) is 18.9. The molecule has 1 amide bonds. The summed E-state index contributed by atoms with van der Waals surface area (Å²) >= 11 is 0. The van der Waals surface area contributed by atoms with Crippen molar-refractivity contribution >= 4 is 17.8 Å². The van der Waals surface area contributed by atoms with Crippen LogP contribution < -0.4 is 14.9 Å². The minimum Gasteiger partial charge on any atom is -0.387 e. The fourth-order valence-electron chi connectivity index (χ4n) is 2.33. The number of fused-ring (bicyclic) bond motifs is 3. The van der Waals surface area contributed by atoms with Gasteiger partial charge in [0, 0.05) is 36.4 Å². The van der Waals surface area contributed by atoms with E-state index in [-0.39, 0.29) is 0 Å². The highest BCUT2D eigenvalue weighted by Crippen LogP contribution is 2.11. The molecule has 2 aromatic rings. The summed E-state index contributed by atoms with van der Waals surface area (Å²) in [5.41, 5.74) is 7.14. The molecule has 2 N–H and O–H groups in total. The number of primary amides is 1. The molecule has 2 aliphatic heterocycles. The van der Waals surface area contributed by atoms with Crippen LogP contribution in [0.3, 0.4) is 0 Å². The van der Waals surface area contributed by atoms with Gasteiger partial charge in [0.15, 0.2) is 12.4 Å². The van der Waals surface area contributed by atoms with Crippen molar-refractivity contribution in [2.45, 2.75) is 13.1 Å². The Morgan fingerprint density at radius 2 is 1.38 bits per heavy atom. The Morgan fingerprint density at radius 3 is 1.69 bits per heavy atom. The van der Waals surface area contributed by atoms with Gasteiger partial charge in [0.05, 0.1) is 0 Å². The predicted molar refractivity (Wildman–Crippen MR) is 91.9 cm³/mol. The summed E-state index contributed by atoms with van der Waals surface area (Å²) in [5.74, 6) is -1.64. The van der Waals surface area contributed by atoms with Gasteiger partial charge in [-0.1, -0.05) is 6.58 Å². The average molecular weight is 353 g/mol. The fraction of sp³-hybridized carbons (Fsp3) is 0.105. The highest BCUT2D eigenvalue weighted by Gasteiger charge is 2.27. The number of esters is 2. The van der Waals surface area contributed by atoms with Gasteiger partial charge in [-0.05, 0) is 18.2 Å². The van der Waals surface area contributed by atoms with E-state index in [9.17, 15) is 14.4 Å². The maximum Gasteiger partial charge on any atom is 0.338 e. The number of rotatable bonds is 1. The Bertz CT molecular complexity index is 813. The number of nitrogens with zero attached hydrogens (tertiary/aromatic N) is 2. The molecule has 0 aromatic carbocycles. The van der Waals surface area contributed by atoms with E-state index in [0.717, 1.165) is 31.3 Å². The molecule has 2 aliphatic rings. The van der Waals surface area contributed by atoms with Gasteiger partial charge in [-0.2, -0.15) is 9.13 Å². The standard InChI is InChI=1S/C12H12N2.C4H2O3.C3H5NO/c1-3-7-13-9-10-14-8-4-2-6-12(14)11(13)5-1;5-3-1-2-4(6)7-3;1-2-3(4)5/h1-8H,9-10H2;1-2H;2H,1H2,(H2,4,5)/q+2;;. The number of aryl methyl sites for hydroxylation is 2. The van der Waals surface area contributed by atoms with Crippen LogP contribution in [0.4, 0.5) is 0 Å². The van der Waals surface area contributed by atoms with Crippen molar-refractivity contribution in [3.8, 4) is 11.4 Å². The molecule has 26 heavy (non-hydrogen) atoms. The van der Waals surface area contributed by atoms with E-state index < -0.39 is 17.8 Å². The fourth-order valence-corrected chi connectivity index (χ4v) is 2.33. The van der Waals surface area contributed by atoms with E-state index in [4.69, 9.17) is 0 Å². The molecule has 0 saturated heterocycles. The van der Waals surface area contributed by atoms with E-state index in [2.05, 4.69) is 75.0 Å². The molecule has 0 aliphatic carbocycles. The van der Waals surface area contributed by atoms with Crippen LogP contribution in [0.2, 0.25) is 0 Å². The SMILES string of the molecule is C=CC(N)=O.O=C1C=CC(=O)O1.c1cc[n+]2c(c1)-c1cccc[n+]1CC2. The van der Waals surface area contributed by atoms with E-state index >= 15 is 0 Å². The second kappa shape index (κ2) is 9.03. The monoisotopic (exact) mass is 353 g/mol. The predicted octanol–water partition coefficient (Wildman–Crippen LogP) is 0.226.